The second-order valence-corrected chi connectivity index (χ2v) is 3.92. The molecule has 2 N–H and O–H groups in total. The molecule has 1 atom stereocenters. The van der Waals surface area contributed by atoms with Gasteiger partial charge in [0.1, 0.15) is 0 Å². The number of hydrogen-bond donors (Lipinski definition) is 1. The molecule has 0 saturated carbocycles. The van der Waals surface area contributed by atoms with Gasteiger partial charge >= 0.3 is 0 Å². The molecule has 1 aromatic heterocycles. The number of para-hydroxylation sites is 1. The molecule has 2 aromatic rings. The van der Waals surface area contributed by atoms with Crippen LogP contribution in [0, 0.1) is 0 Å². The van der Waals surface area contributed by atoms with E-state index in [9.17, 15) is 4.79 Å². The second kappa shape index (κ2) is 4.69. The monoisotopic (exact) mass is 250 g/mol. The highest BCUT2D eigenvalue weighted by atomic mass is 35.5. The predicted octanol–water partition coefficient (Wildman–Crippen LogP) is 2.22. The third-order valence-corrected chi connectivity index (χ3v) is 2.91. The summed E-state index contributed by atoms with van der Waals surface area (Å²) in [5.41, 5.74) is 6.16. The summed E-state index contributed by atoms with van der Waals surface area (Å²) in [5.74, 6) is -0.569. The van der Waals surface area contributed by atoms with Crippen molar-refractivity contribution in [3.8, 4) is 0 Å². The van der Waals surface area contributed by atoms with Crippen molar-refractivity contribution in [1.82, 2.24) is 4.98 Å². The number of rotatable bonds is 3. The molecule has 1 amide bonds. The first-order chi connectivity index (χ1) is 8.15. The van der Waals surface area contributed by atoms with Crippen molar-refractivity contribution in [1.29, 1.82) is 0 Å². The summed E-state index contributed by atoms with van der Waals surface area (Å²) in [6.07, 6.45) is 1.42. The molecule has 5 heteroatoms. The highest BCUT2D eigenvalue weighted by molar-refractivity contribution is 6.21. The van der Waals surface area contributed by atoms with Gasteiger partial charge in [-0.2, -0.15) is 0 Å². The maximum atomic E-state index is 11.4. The van der Waals surface area contributed by atoms with Crippen LogP contribution >= 0.6 is 11.6 Å². The Kier molecular flexibility index (Phi) is 3.26. The lowest BCUT2D eigenvalue weighted by molar-refractivity contribution is 0.0994. The van der Waals surface area contributed by atoms with Crippen molar-refractivity contribution < 1.29 is 9.53 Å². The quantitative estimate of drug-likeness (QED) is 0.850. The summed E-state index contributed by atoms with van der Waals surface area (Å²) in [6.45, 7) is 0. The topological polar surface area (TPSA) is 65.2 Å². The number of pyridine rings is 1. The van der Waals surface area contributed by atoms with Crippen molar-refractivity contribution in [3.63, 3.8) is 0 Å². The summed E-state index contributed by atoms with van der Waals surface area (Å²) in [5, 5.41) is 0.769. The fourth-order valence-electron chi connectivity index (χ4n) is 1.72. The van der Waals surface area contributed by atoms with Crippen molar-refractivity contribution in [2.24, 2.45) is 5.73 Å². The van der Waals surface area contributed by atoms with Crippen molar-refractivity contribution >= 4 is 28.4 Å². The number of primary amides is 1. The number of carbonyl (C=O) groups excluding carboxylic acids is 1. The molecule has 0 fully saturated rings. The third-order valence-electron chi connectivity index (χ3n) is 2.52. The van der Waals surface area contributed by atoms with Crippen LogP contribution in [0.25, 0.3) is 10.9 Å². The van der Waals surface area contributed by atoms with Gasteiger partial charge in [-0.1, -0.05) is 29.8 Å². The van der Waals surface area contributed by atoms with Gasteiger partial charge in [0.2, 0.25) is 0 Å². The molecule has 2 rings (SSSR count). The lowest BCUT2D eigenvalue weighted by Gasteiger charge is -2.14. The molecular weight excluding hydrogens is 240 g/mol. The first-order valence-corrected chi connectivity index (χ1v) is 5.43. The number of nitrogens with two attached hydrogens (primary N) is 1. The average molecular weight is 251 g/mol. The number of amides is 1. The van der Waals surface area contributed by atoms with E-state index in [2.05, 4.69) is 4.98 Å². The molecule has 17 heavy (non-hydrogen) atoms. The van der Waals surface area contributed by atoms with Crippen LogP contribution in [-0.4, -0.2) is 18.0 Å². The molecule has 0 aliphatic rings. The Morgan fingerprint density at radius 3 is 2.82 bits per heavy atom. The van der Waals surface area contributed by atoms with Crippen molar-refractivity contribution in [2.75, 3.05) is 7.11 Å². The Hall–Kier alpha value is -1.65. The van der Waals surface area contributed by atoms with E-state index >= 15 is 0 Å². The van der Waals surface area contributed by atoms with Gasteiger partial charge in [-0.15, -0.1) is 0 Å². The van der Waals surface area contributed by atoms with E-state index in [0.717, 1.165) is 10.9 Å². The normalized spacial score (nSPS) is 12.6. The Labute approximate surface area is 103 Å². The minimum atomic E-state index is -0.731. The molecule has 0 aliphatic carbocycles. The summed E-state index contributed by atoms with van der Waals surface area (Å²) in [7, 11) is 1.47. The summed E-state index contributed by atoms with van der Waals surface area (Å²) in [4.78, 5) is 15.5. The Bertz CT molecular complexity index is 571. The van der Waals surface area contributed by atoms with Crippen molar-refractivity contribution in [3.05, 3.63) is 41.6 Å². The molecule has 0 saturated heterocycles. The Morgan fingerprint density at radius 1 is 1.47 bits per heavy atom. The van der Waals surface area contributed by atoms with Crippen LogP contribution in [0.15, 0.2) is 30.5 Å². The predicted molar refractivity (Wildman–Crippen MR) is 65.9 cm³/mol. The lowest BCUT2D eigenvalue weighted by atomic mass is 10.0. The van der Waals surface area contributed by atoms with E-state index in [1.807, 2.05) is 24.3 Å². The smallest absolute Gasteiger partial charge is 0.250 e. The maximum Gasteiger partial charge on any atom is 0.250 e. The zero-order valence-electron chi connectivity index (χ0n) is 9.18. The fourth-order valence-corrected chi connectivity index (χ4v) is 1.96. The van der Waals surface area contributed by atoms with Gasteiger partial charge in [0.15, 0.2) is 5.56 Å². The number of nitrogens with zero attached hydrogens (tertiary/aromatic N) is 1. The van der Waals surface area contributed by atoms with Gasteiger partial charge in [-0.3, -0.25) is 9.78 Å². The first kappa shape index (κ1) is 11.8. The van der Waals surface area contributed by atoms with E-state index in [1.165, 1.54) is 13.3 Å². The van der Waals surface area contributed by atoms with Crippen LogP contribution in [0.1, 0.15) is 21.5 Å². The number of halogens is 1. The van der Waals surface area contributed by atoms with Crippen LogP contribution in [-0.2, 0) is 4.74 Å². The van der Waals surface area contributed by atoms with Gasteiger partial charge in [0, 0.05) is 24.3 Å². The maximum absolute atomic E-state index is 11.4. The minimum absolute atomic E-state index is 0.283. The highest BCUT2D eigenvalue weighted by Gasteiger charge is 2.19. The molecular formula is C12H11ClN2O2. The number of aromatic nitrogens is 1. The van der Waals surface area contributed by atoms with Gasteiger partial charge in [-0.05, 0) is 6.07 Å². The van der Waals surface area contributed by atoms with Gasteiger partial charge < -0.3 is 10.5 Å². The third kappa shape index (κ3) is 2.09. The molecule has 0 bridgehead atoms. The van der Waals surface area contributed by atoms with Gasteiger partial charge in [0.25, 0.3) is 5.91 Å². The average Bonchev–Trinajstić information content (AvgIpc) is 2.36. The zero-order valence-corrected chi connectivity index (χ0v) is 9.94. The largest absolute Gasteiger partial charge is 0.366 e. The molecule has 1 unspecified atom stereocenters. The molecule has 1 heterocycles. The van der Waals surface area contributed by atoms with Gasteiger partial charge in [-0.25, -0.2) is 0 Å². The summed E-state index contributed by atoms with van der Waals surface area (Å²) < 4.78 is 5.07. The highest BCUT2D eigenvalue weighted by Crippen LogP contribution is 2.30. The number of methoxy groups -OCH3 is 1. The van der Waals surface area contributed by atoms with Crippen LogP contribution in [0.4, 0.5) is 0 Å². The van der Waals surface area contributed by atoms with E-state index in [4.69, 9.17) is 22.1 Å². The molecule has 4 nitrogen and oxygen atoms in total. The van der Waals surface area contributed by atoms with E-state index in [1.54, 1.807) is 0 Å². The molecule has 0 aliphatic heterocycles. The van der Waals surface area contributed by atoms with Gasteiger partial charge in [0.05, 0.1) is 11.1 Å². The summed E-state index contributed by atoms with van der Waals surface area (Å²) >= 11 is 6.06. The second-order valence-electron chi connectivity index (χ2n) is 3.52. The first-order valence-electron chi connectivity index (χ1n) is 4.99. The minimum Gasteiger partial charge on any atom is -0.366 e. The van der Waals surface area contributed by atoms with Crippen LogP contribution < -0.4 is 5.73 Å². The number of hydrogen-bond acceptors (Lipinski definition) is 3. The van der Waals surface area contributed by atoms with E-state index < -0.39 is 11.5 Å². The SMILES string of the molecule is COC(Cl)c1c(C(N)=O)cnc2ccccc12. The number of fused-ring (bicyclic) bond motifs is 1. The van der Waals surface area contributed by atoms with Crippen LogP contribution in [0.2, 0.25) is 0 Å². The number of alkyl halides is 1. The van der Waals surface area contributed by atoms with Crippen LogP contribution in [0.3, 0.4) is 0 Å². The standard InChI is InChI=1S/C12H11ClN2O2/c1-17-11(13)10-7-4-2-3-5-9(7)15-6-8(10)12(14)16/h2-6,11H,1H3,(H2,14,16). The Morgan fingerprint density at radius 2 is 2.18 bits per heavy atom. The molecule has 0 spiro atoms. The molecule has 88 valence electrons. The fraction of sp³-hybridized carbons (Fsp3) is 0.167. The van der Waals surface area contributed by atoms with E-state index in [-0.39, 0.29) is 5.56 Å². The molecule has 0 radical (unpaired) electrons. The van der Waals surface area contributed by atoms with Crippen molar-refractivity contribution in [2.45, 2.75) is 5.56 Å². The van der Waals surface area contributed by atoms with E-state index in [0.29, 0.717) is 5.56 Å². The number of benzene rings is 1. The molecule has 1 aromatic carbocycles. The number of carbonyl (C=O) groups is 1. The lowest BCUT2D eigenvalue weighted by Crippen LogP contribution is -2.15. The number of ether oxygens (including phenoxy) is 1. The zero-order chi connectivity index (χ0) is 12.4. The Balaban J connectivity index is 2.79. The summed E-state index contributed by atoms with van der Waals surface area (Å²) in [6, 6.07) is 7.37. The van der Waals surface area contributed by atoms with Crippen LogP contribution in [0.5, 0.6) is 0 Å².